The molecule has 0 saturated carbocycles. The predicted octanol–water partition coefficient (Wildman–Crippen LogP) is 1.76. The van der Waals surface area contributed by atoms with Gasteiger partial charge >= 0.3 is 4.87 Å². The Balaban J connectivity index is 2.43. The topological polar surface area (TPSA) is 91.2 Å². The van der Waals surface area contributed by atoms with Gasteiger partial charge in [-0.1, -0.05) is 11.3 Å². The second-order valence-corrected chi connectivity index (χ2v) is 4.69. The SMILES string of the molecule is Cc1csc(=O)n1Cc1cc([N+](=O)[O-])ccc1N. The van der Waals surface area contributed by atoms with Crippen LogP contribution in [0.15, 0.2) is 28.4 Å². The molecule has 0 aliphatic carbocycles. The Morgan fingerprint density at radius 1 is 1.50 bits per heavy atom. The van der Waals surface area contributed by atoms with E-state index in [1.807, 2.05) is 6.92 Å². The Hall–Kier alpha value is -2.15. The zero-order valence-electron chi connectivity index (χ0n) is 9.62. The maximum absolute atomic E-state index is 11.6. The lowest BCUT2D eigenvalue weighted by molar-refractivity contribution is -0.384. The van der Waals surface area contributed by atoms with Gasteiger partial charge in [0.05, 0.1) is 11.5 Å². The minimum atomic E-state index is -0.480. The van der Waals surface area contributed by atoms with Gasteiger partial charge in [0.1, 0.15) is 0 Å². The minimum Gasteiger partial charge on any atom is -0.398 e. The van der Waals surface area contributed by atoms with Gasteiger partial charge in [0.15, 0.2) is 0 Å². The van der Waals surface area contributed by atoms with E-state index in [0.717, 1.165) is 17.0 Å². The molecule has 7 heteroatoms. The van der Waals surface area contributed by atoms with Crippen molar-refractivity contribution in [2.75, 3.05) is 5.73 Å². The van der Waals surface area contributed by atoms with Gasteiger partial charge in [-0.05, 0) is 13.0 Å². The van der Waals surface area contributed by atoms with Gasteiger partial charge in [-0.2, -0.15) is 0 Å². The standard InChI is InChI=1S/C11H11N3O3S/c1-7-6-18-11(15)13(7)5-8-4-9(14(16)17)2-3-10(8)12/h2-4,6H,5,12H2,1H3. The highest BCUT2D eigenvalue weighted by atomic mass is 32.1. The van der Waals surface area contributed by atoms with Crippen LogP contribution in [-0.4, -0.2) is 9.49 Å². The molecule has 2 aromatic rings. The zero-order chi connectivity index (χ0) is 13.3. The predicted molar refractivity (Wildman–Crippen MR) is 69.9 cm³/mol. The van der Waals surface area contributed by atoms with Crippen LogP contribution in [0.2, 0.25) is 0 Å². The third-order valence-corrected chi connectivity index (χ3v) is 3.52. The van der Waals surface area contributed by atoms with Crippen molar-refractivity contribution in [2.24, 2.45) is 0 Å². The summed E-state index contributed by atoms with van der Waals surface area (Å²) in [6, 6.07) is 4.24. The van der Waals surface area contributed by atoms with Crippen LogP contribution in [0.25, 0.3) is 0 Å². The Morgan fingerprint density at radius 2 is 2.22 bits per heavy atom. The number of nitro benzene ring substituents is 1. The summed E-state index contributed by atoms with van der Waals surface area (Å²) in [7, 11) is 0. The largest absolute Gasteiger partial charge is 0.398 e. The number of nitro groups is 1. The van der Waals surface area contributed by atoms with Gasteiger partial charge in [-0.15, -0.1) is 0 Å². The highest BCUT2D eigenvalue weighted by Gasteiger charge is 2.11. The summed E-state index contributed by atoms with van der Waals surface area (Å²) >= 11 is 1.10. The lowest BCUT2D eigenvalue weighted by Gasteiger charge is -2.07. The van der Waals surface area contributed by atoms with Crippen molar-refractivity contribution in [1.82, 2.24) is 4.57 Å². The van der Waals surface area contributed by atoms with E-state index >= 15 is 0 Å². The van der Waals surface area contributed by atoms with Crippen LogP contribution in [0.3, 0.4) is 0 Å². The van der Waals surface area contributed by atoms with Gasteiger partial charge in [-0.3, -0.25) is 19.5 Å². The molecular weight excluding hydrogens is 254 g/mol. The monoisotopic (exact) mass is 265 g/mol. The zero-order valence-corrected chi connectivity index (χ0v) is 10.4. The molecule has 0 fully saturated rings. The van der Waals surface area contributed by atoms with Crippen LogP contribution >= 0.6 is 11.3 Å². The van der Waals surface area contributed by atoms with E-state index in [0.29, 0.717) is 11.3 Å². The maximum Gasteiger partial charge on any atom is 0.307 e. The summed E-state index contributed by atoms with van der Waals surface area (Å²) in [4.78, 5) is 21.7. The first-order chi connectivity index (χ1) is 8.49. The highest BCUT2D eigenvalue weighted by Crippen LogP contribution is 2.20. The Morgan fingerprint density at radius 3 is 2.78 bits per heavy atom. The van der Waals surface area contributed by atoms with Crippen molar-refractivity contribution in [2.45, 2.75) is 13.5 Å². The molecule has 2 rings (SSSR count). The van der Waals surface area contributed by atoms with Gasteiger partial charge in [0, 0.05) is 34.5 Å². The molecule has 1 heterocycles. The average molecular weight is 265 g/mol. The first-order valence-corrected chi connectivity index (χ1v) is 6.04. The number of nitrogen functional groups attached to an aromatic ring is 1. The second-order valence-electron chi connectivity index (χ2n) is 3.87. The number of nitrogens with two attached hydrogens (primary N) is 1. The van der Waals surface area contributed by atoms with Crippen LogP contribution < -0.4 is 10.6 Å². The first-order valence-electron chi connectivity index (χ1n) is 5.17. The van der Waals surface area contributed by atoms with E-state index in [2.05, 4.69) is 0 Å². The van der Waals surface area contributed by atoms with E-state index in [-0.39, 0.29) is 17.1 Å². The third-order valence-electron chi connectivity index (χ3n) is 2.64. The molecule has 0 aliphatic rings. The molecule has 94 valence electrons. The molecule has 1 aromatic carbocycles. The summed E-state index contributed by atoms with van der Waals surface area (Å²) in [5, 5.41) is 12.4. The van der Waals surface area contributed by atoms with Crippen LogP contribution in [0.4, 0.5) is 11.4 Å². The highest BCUT2D eigenvalue weighted by molar-refractivity contribution is 7.07. The molecule has 0 aliphatic heterocycles. The van der Waals surface area contributed by atoms with Crippen molar-refractivity contribution >= 4 is 22.7 Å². The molecule has 0 atom stereocenters. The minimum absolute atomic E-state index is 0.0277. The number of rotatable bonds is 3. The molecule has 1 aromatic heterocycles. The van der Waals surface area contributed by atoms with Crippen molar-refractivity contribution in [3.05, 3.63) is 54.6 Å². The van der Waals surface area contributed by atoms with E-state index < -0.39 is 4.92 Å². The van der Waals surface area contributed by atoms with E-state index in [1.165, 1.54) is 18.2 Å². The van der Waals surface area contributed by atoms with Crippen LogP contribution in [0.5, 0.6) is 0 Å². The van der Waals surface area contributed by atoms with Gasteiger partial charge in [0.25, 0.3) is 5.69 Å². The normalized spacial score (nSPS) is 10.5. The molecule has 0 amide bonds. The number of nitrogens with zero attached hydrogens (tertiary/aromatic N) is 2. The molecule has 0 spiro atoms. The fourth-order valence-corrected chi connectivity index (χ4v) is 2.34. The number of benzene rings is 1. The Bertz CT molecular complexity index is 660. The second kappa shape index (κ2) is 4.61. The maximum atomic E-state index is 11.6. The molecule has 6 nitrogen and oxygen atoms in total. The smallest absolute Gasteiger partial charge is 0.307 e. The molecule has 18 heavy (non-hydrogen) atoms. The van der Waals surface area contributed by atoms with Crippen LogP contribution in [-0.2, 0) is 6.54 Å². The van der Waals surface area contributed by atoms with Crippen molar-refractivity contribution in [1.29, 1.82) is 0 Å². The Kier molecular flexibility index (Phi) is 3.15. The first kappa shape index (κ1) is 12.3. The summed E-state index contributed by atoms with van der Waals surface area (Å²) in [5.41, 5.74) is 7.58. The number of aromatic nitrogens is 1. The Labute approximate surface area is 106 Å². The number of anilines is 1. The lowest BCUT2D eigenvalue weighted by atomic mass is 10.1. The fourth-order valence-electron chi connectivity index (χ4n) is 1.61. The van der Waals surface area contributed by atoms with E-state index in [9.17, 15) is 14.9 Å². The number of hydrogen-bond donors (Lipinski definition) is 1. The average Bonchev–Trinajstić information content (AvgIpc) is 2.63. The van der Waals surface area contributed by atoms with Crippen molar-refractivity contribution < 1.29 is 4.92 Å². The molecule has 0 saturated heterocycles. The van der Waals surface area contributed by atoms with Gasteiger partial charge in [0.2, 0.25) is 0 Å². The number of thiazole rings is 1. The number of non-ortho nitro benzene ring substituents is 1. The molecule has 0 radical (unpaired) electrons. The van der Waals surface area contributed by atoms with Crippen LogP contribution in [0, 0.1) is 17.0 Å². The lowest BCUT2D eigenvalue weighted by Crippen LogP contribution is -2.16. The van der Waals surface area contributed by atoms with E-state index in [4.69, 9.17) is 5.73 Å². The summed E-state index contributed by atoms with van der Waals surface area (Å²) in [6.07, 6.45) is 0. The molecule has 2 N–H and O–H groups in total. The van der Waals surface area contributed by atoms with Crippen LogP contribution in [0.1, 0.15) is 11.3 Å². The van der Waals surface area contributed by atoms with Crippen molar-refractivity contribution in [3.8, 4) is 0 Å². The van der Waals surface area contributed by atoms with Gasteiger partial charge < -0.3 is 5.73 Å². The molecule has 0 bridgehead atoms. The summed E-state index contributed by atoms with van der Waals surface area (Å²) < 4.78 is 1.54. The number of aryl methyl sites for hydroxylation is 1. The summed E-state index contributed by atoms with van der Waals surface area (Å²) in [6.45, 7) is 2.06. The third kappa shape index (κ3) is 2.25. The summed E-state index contributed by atoms with van der Waals surface area (Å²) in [5.74, 6) is 0. The molecular formula is C11H11N3O3S. The number of hydrogen-bond acceptors (Lipinski definition) is 5. The van der Waals surface area contributed by atoms with Gasteiger partial charge in [-0.25, -0.2) is 0 Å². The van der Waals surface area contributed by atoms with E-state index in [1.54, 1.807) is 9.95 Å². The molecule has 0 unspecified atom stereocenters. The quantitative estimate of drug-likeness (QED) is 0.520. The van der Waals surface area contributed by atoms with Crippen molar-refractivity contribution in [3.63, 3.8) is 0 Å². The fraction of sp³-hybridized carbons (Fsp3) is 0.182.